The third-order valence-corrected chi connectivity index (χ3v) is 3.33. The number of fused-ring (bicyclic) bond motifs is 1. The fraction of sp³-hybridized carbons (Fsp3) is 0.0625. The van der Waals surface area contributed by atoms with Gasteiger partial charge in [0.05, 0.1) is 12.7 Å². The average Bonchev–Trinajstić information content (AvgIpc) is 2.47. The van der Waals surface area contributed by atoms with Crippen LogP contribution in [0, 0.1) is 0 Å². The van der Waals surface area contributed by atoms with E-state index in [4.69, 9.17) is 20.8 Å². The number of rotatable bonds is 2. The molecule has 1 heterocycles. The maximum Gasteiger partial charge on any atom is 0.344 e. The van der Waals surface area contributed by atoms with E-state index in [1.54, 1.807) is 37.4 Å². The molecule has 0 saturated carbocycles. The first-order chi connectivity index (χ1) is 9.69. The number of halogens is 1. The molecule has 0 unspecified atom stereocenters. The van der Waals surface area contributed by atoms with Crippen molar-refractivity contribution in [2.75, 3.05) is 7.11 Å². The predicted octanol–water partition coefficient (Wildman–Crippen LogP) is 4.12. The van der Waals surface area contributed by atoms with Crippen LogP contribution >= 0.6 is 11.6 Å². The van der Waals surface area contributed by atoms with Gasteiger partial charge in [-0.1, -0.05) is 29.8 Å². The van der Waals surface area contributed by atoms with Gasteiger partial charge in [0.15, 0.2) is 0 Å². The number of benzene rings is 2. The summed E-state index contributed by atoms with van der Waals surface area (Å²) < 4.78 is 10.6. The minimum absolute atomic E-state index is 0.399. The summed E-state index contributed by atoms with van der Waals surface area (Å²) >= 11 is 5.97. The molecule has 0 atom stereocenters. The molecule has 0 amide bonds. The van der Waals surface area contributed by atoms with Crippen LogP contribution in [0.4, 0.5) is 0 Å². The SMILES string of the molecule is COc1ccccc1-c1cc2cc(Cl)ccc2oc1=O. The van der Waals surface area contributed by atoms with Crippen LogP contribution in [0.1, 0.15) is 0 Å². The Bertz CT molecular complexity index is 836. The third-order valence-electron chi connectivity index (χ3n) is 3.09. The zero-order chi connectivity index (χ0) is 14.1. The van der Waals surface area contributed by atoms with Gasteiger partial charge >= 0.3 is 5.63 Å². The predicted molar refractivity (Wildman–Crippen MR) is 79.5 cm³/mol. The van der Waals surface area contributed by atoms with Gasteiger partial charge < -0.3 is 9.15 Å². The molecule has 4 heteroatoms. The van der Waals surface area contributed by atoms with E-state index < -0.39 is 5.63 Å². The molecule has 0 radical (unpaired) electrons. The van der Waals surface area contributed by atoms with Crippen LogP contribution in [0.5, 0.6) is 5.75 Å². The van der Waals surface area contributed by atoms with Crippen LogP contribution in [0.25, 0.3) is 22.1 Å². The van der Waals surface area contributed by atoms with E-state index in [0.29, 0.717) is 27.5 Å². The van der Waals surface area contributed by atoms with Gasteiger partial charge in [0.1, 0.15) is 11.3 Å². The molecule has 2 aromatic carbocycles. The second-order valence-corrected chi connectivity index (χ2v) is 4.77. The van der Waals surface area contributed by atoms with Crippen LogP contribution in [0.15, 0.2) is 57.7 Å². The van der Waals surface area contributed by atoms with E-state index in [2.05, 4.69) is 0 Å². The first kappa shape index (κ1) is 12.8. The van der Waals surface area contributed by atoms with Crippen LogP contribution in [0.2, 0.25) is 5.02 Å². The molecule has 0 spiro atoms. The molecular formula is C16H11ClO3. The lowest BCUT2D eigenvalue weighted by Gasteiger charge is -2.07. The van der Waals surface area contributed by atoms with Crippen LogP contribution in [-0.4, -0.2) is 7.11 Å². The van der Waals surface area contributed by atoms with Crippen molar-refractivity contribution in [2.24, 2.45) is 0 Å². The highest BCUT2D eigenvalue weighted by Gasteiger charge is 2.12. The molecular weight excluding hydrogens is 276 g/mol. The smallest absolute Gasteiger partial charge is 0.344 e. The molecule has 0 aliphatic carbocycles. The summed E-state index contributed by atoms with van der Waals surface area (Å²) in [6.45, 7) is 0. The van der Waals surface area contributed by atoms with E-state index in [-0.39, 0.29) is 0 Å². The summed E-state index contributed by atoms with van der Waals surface area (Å²) in [5, 5.41) is 1.37. The molecule has 3 rings (SSSR count). The van der Waals surface area contributed by atoms with Crippen molar-refractivity contribution in [3.8, 4) is 16.9 Å². The number of hydrogen-bond acceptors (Lipinski definition) is 3. The molecule has 0 saturated heterocycles. The molecule has 0 bridgehead atoms. The van der Waals surface area contributed by atoms with Crippen LogP contribution < -0.4 is 10.4 Å². The van der Waals surface area contributed by atoms with E-state index in [1.165, 1.54) is 0 Å². The van der Waals surface area contributed by atoms with Crippen molar-refractivity contribution in [1.29, 1.82) is 0 Å². The number of methoxy groups -OCH3 is 1. The maximum absolute atomic E-state index is 12.1. The molecule has 0 N–H and O–H groups in total. The lowest BCUT2D eigenvalue weighted by Crippen LogP contribution is -2.03. The number of para-hydroxylation sites is 1. The first-order valence-corrected chi connectivity index (χ1v) is 6.43. The van der Waals surface area contributed by atoms with Crippen LogP contribution in [-0.2, 0) is 0 Å². The fourth-order valence-corrected chi connectivity index (χ4v) is 2.33. The fourth-order valence-electron chi connectivity index (χ4n) is 2.15. The molecule has 1 aromatic heterocycles. The highest BCUT2D eigenvalue weighted by molar-refractivity contribution is 6.31. The monoisotopic (exact) mass is 286 g/mol. The number of hydrogen-bond donors (Lipinski definition) is 0. The quantitative estimate of drug-likeness (QED) is 0.665. The van der Waals surface area contributed by atoms with Gasteiger partial charge in [-0.3, -0.25) is 0 Å². The van der Waals surface area contributed by atoms with E-state index in [0.717, 1.165) is 5.39 Å². The molecule has 3 aromatic rings. The Kier molecular flexibility index (Phi) is 3.20. The average molecular weight is 287 g/mol. The summed E-state index contributed by atoms with van der Waals surface area (Å²) in [7, 11) is 1.57. The second kappa shape index (κ2) is 5.02. The van der Waals surface area contributed by atoms with Crippen molar-refractivity contribution in [3.63, 3.8) is 0 Å². The third kappa shape index (κ3) is 2.17. The molecule has 3 nitrogen and oxygen atoms in total. The Labute approximate surface area is 120 Å². The van der Waals surface area contributed by atoms with Crippen molar-refractivity contribution >= 4 is 22.6 Å². The molecule has 20 heavy (non-hydrogen) atoms. The lowest BCUT2D eigenvalue weighted by molar-refractivity contribution is 0.416. The largest absolute Gasteiger partial charge is 0.496 e. The summed E-state index contributed by atoms with van der Waals surface area (Å²) in [5.74, 6) is 0.626. The van der Waals surface area contributed by atoms with Gasteiger partial charge in [0.25, 0.3) is 0 Å². The normalized spacial score (nSPS) is 10.7. The Balaban J connectivity index is 2.30. The Morgan fingerprint density at radius 1 is 1.05 bits per heavy atom. The summed E-state index contributed by atoms with van der Waals surface area (Å²) in [6, 6.07) is 14.2. The minimum Gasteiger partial charge on any atom is -0.496 e. The Morgan fingerprint density at radius 2 is 1.85 bits per heavy atom. The van der Waals surface area contributed by atoms with E-state index in [1.807, 2.05) is 18.2 Å². The lowest BCUT2D eigenvalue weighted by atomic mass is 10.1. The van der Waals surface area contributed by atoms with Gasteiger partial charge in [-0.15, -0.1) is 0 Å². The van der Waals surface area contributed by atoms with Crippen molar-refractivity contribution in [2.45, 2.75) is 0 Å². The van der Waals surface area contributed by atoms with E-state index in [9.17, 15) is 4.79 Å². The van der Waals surface area contributed by atoms with Gasteiger partial charge in [-0.05, 0) is 30.3 Å². The molecule has 0 fully saturated rings. The van der Waals surface area contributed by atoms with Crippen molar-refractivity contribution in [1.82, 2.24) is 0 Å². The van der Waals surface area contributed by atoms with Gasteiger partial charge in [0, 0.05) is 16.0 Å². The Hall–Kier alpha value is -2.26. The van der Waals surface area contributed by atoms with Crippen molar-refractivity contribution < 1.29 is 9.15 Å². The first-order valence-electron chi connectivity index (χ1n) is 6.06. The second-order valence-electron chi connectivity index (χ2n) is 4.33. The van der Waals surface area contributed by atoms with Gasteiger partial charge in [-0.25, -0.2) is 4.79 Å². The summed E-state index contributed by atoms with van der Waals surface area (Å²) in [5.41, 5.74) is 1.27. The zero-order valence-corrected chi connectivity index (χ0v) is 11.5. The van der Waals surface area contributed by atoms with Crippen molar-refractivity contribution in [3.05, 3.63) is 64.0 Å². The summed E-state index contributed by atoms with van der Waals surface area (Å²) in [4.78, 5) is 12.1. The van der Waals surface area contributed by atoms with Gasteiger partial charge in [-0.2, -0.15) is 0 Å². The number of ether oxygens (including phenoxy) is 1. The minimum atomic E-state index is -0.399. The van der Waals surface area contributed by atoms with Gasteiger partial charge in [0.2, 0.25) is 0 Å². The zero-order valence-electron chi connectivity index (χ0n) is 10.7. The van der Waals surface area contributed by atoms with E-state index >= 15 is 0 Å². The topological polar surface area (TPSA) is 39.4 Å². The molecule has 100 valence electrons. The van der Waals surface area contributed by atoms with Crippen LogP contribution in [0.3, 0.4) is 0 Å². The Morgan fingerprint density at radius 3 is 2.65 bits per heavy atom. The maximum atomic E-state index is 12.1. The molecule has 0 aliphatic heterocycles. The highest BCUT2D eigenvalue weighted by Crippen LogP contribution is 2.29. The molecule has 0 aliphatic rings. The summed E-state index contributed by atoms with van der Waals surface area (Å²) in [6.07, 6.45) is 0. The highest BCUT2D eigenvalue weighted by atomic mass is 35.5. The standard InChI is InChI=1S/C16H11ClO3/c1-19-15-5-3-2-4-12(15)13-9-10-8-11(17)6-7-14(10)20-16(13)18/h2-9H,1H3.